The van der Waals surface area contributed by atoms with Crippen LogP contribution in [0.15, 0.2) is 28.7 Å². The van der Waals surface area contributed by atoms with E-state index in [4.69, 9.17) is 9.15 Å². The van der Waals surface area contributed by atoms with Crippen LogP contribution in [0.4, 0.5) is 0 Å². The first-order valence-electron chi connectivity index (χ1n) is 6.19. The van der Waals surface area contributed by atoms with E-state index in [0.717, 1.165) is 42.0 Å². The van der Waals surface area contributed by atoms with Crippen LogP contribution in [0.1, 0.15) is 26.0 Å². The minimum absolute atomic E-state index is 0.689. The second-order valence-electron chi connectivity index (χ2n) is 4.02. The van der Waals surface area contributed by atoms with E-state index in [2.05, 4.69) is 18.3 Å². The van der Waals surface area contributed by atoms with Gasteiger partial charge in [0.1, 0.15) is 17.1 Å². The molecule has 0 fully saturated rings. The first-order valence-corrected chi connectivity index (χ1v) is 6.19. The van der Waals surface area contributed by atoms with Crippen LogP contribution < -0.4 is 10.1 Å². The van der Waals surface area contributed by atoms with Crippen molar-refractivity contribution in [2.75, 3.05) is 13.2 Å². The van der Waals surface area contributed by atoms with Crippen molar-refractivity contribution in [3.63, 3.8) is 0 Å². The summed E-state index contributed by atoms with van der Waals surface area (Å²) < 4.78 is 11.2. The van der Waals surface area contributed by atoms with Gasteiger partial charge >= 0.3 is 0 Å². The lowest BCUT2D eigenvalue weighted by Gasteiger charge is -2.00. The first-order chi connectivity index (χ1) is 8.33. The van der Waals surface area contributed by atoms with E-state index in [-0.39, 0.29) is 0 Å². The van der Waals surface area contributed by atoms with Crippen LogP contribution >= 0.6 is 0 Å². The van der Waals surface area contributed by atoms with Crippen molar-refractivity contribution in [2.45, 2.75) is 26.8 Å². The highest BCUT2D eigenvalue weighted by molar-refractivity contribution is 5.79. The van der Waals surface area contributed by atoms with Gasteiger partial charge in [-0.2, -0.15) is 0 Å². The number of rotatable bonds is 6. The Bertz CT molecular complexity index is 476. The van der Waals surface area contributed by atoms with Crippen molar-refractivity contribution >= 4 is 11.0 Å². The Morgan fingerprint density at radius 1 is 1.24 bits per heavy atom. The molecular formula is C14H19NO2. The molecule has 3 heteroatoms. The van der Waals surface area contributed by atoms with Crippen molar-refractivity contribution in [2.24, 2.45) is 0 Å². The van der Waals surface area contributed by atoms with Gasteiger partial charge in [0.25, 0.3) is 0 Å². The largest absolute Gasteiger partial charge is 0.494 e. The predicted molar refractivity (Wildman–Crippen MR) is 69.4 cm³/mol. The lowest BCUT2D eigenvalue weighted by molar-refractivity contribution is 0.340. The molecule has 0 bridgehead atoms. The number of nitrogens with one attached hydrogen (secondary N) is 1. The van der Waals surface area contributed by atoms with Crippen LogP contribution in [0.2, 0.25) is 0 Å². The van der Waals surface area contributed by atoms with Crippen LogP contribution in [0.3, 0.4) is 0 Å². The van der Waals surface area contributed by atoms with E-state index in [9.17, 15) is 0 Å². The smallest absolute Gasteiger partial charge is 0.134 e. The van der Waals surface area contributed by atoms with Gasteiger partial charge in [0, 0.05) is 5.39 Å². The third-order valence-electron chi connectivity index (χ3n) is 2.58. The lowest BCUT2D eigenvalue weighted by Crippen LogP contribution is -2.12. The molecule has 1 aromatic carbocycles. The fourth-order valence-corrected chi connectivity index (χ4v) is 1.81. The van der Waals surface area contributed by atoms with E-state index >= 15 is 0 Å². The third kappa shape index (κ3) is 3.01. The topological polar surface area (TPSA) is 34.4 Å². The predicted octanol–water partition coefficient (Wildman–Crippen LogP) is 3.33. The second-order valence-corrected chi connectivity index (χ2v) is 4.02. The summed E-state index contributed by atoms with van der Waals surface area (Å²) in [6.07, 6.45) is 1.13. The Labute approximate surface area is 102 Å². The summed E-state index contributed by atoms with van der Waals surface area (Å²) in [5.74, 6) is 1.87. The van der Waals surface area contributed by atoms with Crippen LogP contribution in [-0.2, 0) is 6.54 Å². The molecule has 17 heavy (non-hydrogen) atoms. The molecule has 0 radical (unpaired) electrons. The number of hydrogen-bond donors (Lipinski definition) is 1. The third-order valence-corrected chi connectivity index (χ3v) is 2.58. The second kappa shape index (κ2) is 5.73. The molecule has 0 aliphatic rings. The van der Waals surface area contributed by atoms with Gasteiger partial charge in [0.15, 0.2) is 0 Å². The Morgan fingerprint density at radius 3 is 2.88 bits per heavy atom. The quantitative estimate of drug-likeness (QED) is 0.777. The van der Waals surface area contributed by atoms with Crippen molar-refractivity contribution in [3.05, 3.63) is 30.0 Å². The molecule has 0 spiro atoms. The summed E-state index contributed by atoms with van der Waals surface area (Å²) in [6, 6.07) is 7.99. The van der Waals surface area contributed by atoms with Gasteiger partial charge in [-0.1, -0.05) is 6.92 Å². The lowest BCUT2D eigenvalue weighted by atomic mass is 10.2. The summed E-state index contributed by atoms with van der Waals surface area (Å²) in [5.41, 5.74) is 0.918. The maximum atomic E-state index is 5.73. The summed E-state index contributed by atoms with van der Waals surface area (Å²) in [5, 5.41) is 4.43. The van der Waals surface area contributed by atoms with Gasteiger partial charge in [-0.25, -0.2) is 0 Å². The summed E-state index contributed by atoms with van der Waals surface area (Å²) in [4.78, 5) is 0. The molecule has 92 valence electrons. The minimum Gasteiger partial charge on any atom is -0.494 e. The Kier molecular flexibility index (Phi) is 4.04. The highest BCUT2D eigenvalue weighted by Crippen LogP contribution is 2.24. The van der Waals surface area contributed by atoms with Gasteiger partial charge < -0.3 is 14.5 Å². The molecular weight excluding hydrogens is 214 g/mol. The van der Waals surface area contributed by atoms with Crippen molar-refractivity contribution in [3.8, 4) is 5.75 Å². The SMILES string of the molecule is CCCNCc1cc2cc(OCC)ccc2o1. The monoisotopic (exact) mass is 233 g/mol. The van der Waals surface area contributed by atoms with Crippen molar-refractivity contribution in [1.29, 1.82) is 0 Å². The molecule has 0 saturated heterocycles. The van der Waals surface area contributed by atoms with Crippen LogP contribution in [0.25, 0.3) is 11.0 Å². The summed E-state index contributed by atoms with van der Waals surface area (Å²) in [7, 11) is 0. The molecule has 0 unspecified atom stereocenters. The normalized spacial score (nSPS) is 10.9. The standard InChI is InChI=1S/C14H19NO2/c1-3-7-15-10-13-9-11-8-12(16-4-2)5-6-14(11)17-13/h5-6,8-9,15H,3-4,7,10H2,1-2H3. The molecule has 1 N–H and O–H groups in total. The van der Waals surface area contributed by atoms with Gasteiger partial charge in [-0.05, 0) is 44.2 Å². The molecule has 2 rings (SSSR count). The molecule has 0 saturated carbocycles. The number of furan rings is 1. The molecule has 2 aromatic rings. The number of hydrogen-bond acceptors (Lipinski definition) is 3. The van der Waals surface area contributed by atoms with Crippen molar-refractivity contribution < 1.29 is 9.15 Å². The Balaban J connectivity index is 2.12. The van der Waals surface area contributed by atoms with Crippen LogP contribution in [0.5, 0.6) is 5.75 Å². The summed E-state index contributed by atoms with van der Waals surface area (Å²) in [6.45, 7) is 6.63. The minimum atomic E-state index is 0.689. The number of benzene rings is 1. The van der Waals surface area contributed by atoms with E-state index in [0.29, 0.717) is 6.61 Å². The molecule has 0 aliphatic heterocycles. The number of fused-ring (bicyclic) bond motifs is 1. The van der Waals surface area contributed by atoms with Gasteiger partial charge in [0.05, 0.1) is 13.2 Å². The summed E-state index contributed by atoms with van der Waals surface area (Å²) >= 11 is 0. The molecule has 1 heterocycles. The molecule has 0 aliphatic carbocycles. The van der Waals surface area contributed by atoms with Gasteiger partial charge in [-0.3, -0.25) is 0 Å². The van der Waals surface area contributed by atoms with E-state index in [1.807, 2.05) is 25.1 Å². The van der Waals surface area contributed by atoms with E-state index in [1.54, 1.807) is 0 Å². The molecule has 3 nitrogen and oxygen atoms in total. The van der Waals surface area contributed by atoms with Crippen LogP contribution in [-0.4, -0.2) is 13.2 Å². The van der Waals surface area contributed by atoms with Gasteiger partial charge in [-0.15, -0.1) is 0 Å². The molecule has 0 atom stereocenters. The molecule has 1 aromatic heterocycles. The molecule has 0 amide bonds. The van der Waals surface area contributed by atoms with Crippen molar-refractivity contribution in [1.82, 2.24) is 5.32 Å². The number of ether oxygens (including phenoxy) is 1. The highest BCUT2D eigenvalue weighted by atomic mass is 16.5. The maximum Gasteiger partial charge on any atom is 0.134 e. The fraction of sp³-hybridized carbons (Fsp3) is 0.429. The first kappa shape index (κ1) is 12.0. The zero-order valence-corrected chi connectivity index (χ0v) is 10.5. The maximum absolute atomic E-state index is 5.73. The average Bonchev–Trinajstić information content (AvgIpc) is 2.72. The zero-order valence-electron chi connectivity index (χ0n) is 10.5. The van der Waals surface area contributed by atoms with Crippen LogP contribution in [0, 0.1) is 0 Å². The Hall–Kier alpha value is -1.48. The van der Waals surface area contributed by atoms with E-state index < -0.39 is 0 Å². The van der Waals surface area contributed by atoms with Gasteiger partial charge in [0.2, 0.25) is 0 Å². The average molecular weight is 233 g/mol. The fourth-order valence-electron chi connectivity index (χ4n) is 1.81. The highest BCUT2D eigenvalue weighted by Gasteiger charge is 2.04. The zero-order chi connectivity index (χ0) is 12.1. The van der Waals surface area contributed by atoms with E-state index in [1.165, 1.54) is 0 Å². The Morgan fingerprint density at radius 2 is 2.12 bits per heavy atom.